The van der Waals surface area contributed by atoms with Crippen LogP contribution >= 0.6 is 23.4 Å². The standard InChI is InChI=1S/C22H19ClN4O2S/c1-2-29-20-6-4-3-5-17(20)25-21(28)14-30-22-19-13-18(26-27(19)12-11-24-22)15-7-9-16(23)10-8-15/h3-13H,2,14H2,1H3,(H,25,28). The predicted octanol–water partition coefficient (Wildman–Crippen LogP) is 5.18. The van der Waals surface area contributed by atoms with Crippen LogP contribution in [-0.4, -0.2) is 32.9 Å². The Morgan fingerprint density at radius 2 is 2.00 bits per heavy atom. The van der Waals surface area contributed by atoms with Crippen molar-refractivity contribution in [3.8, 4) is 17.0 Å². The molecule has 0 bridgehead atoms. The summed E-state index contributed by atoms with van der Waals surface area (Å²) >= 11 is 7.34. The van der Waals surface area contributed by atoms with Gasteiger partial charge in [0.1, 0.15) is 10.8 Å². The Labute approximate surface area is 183 Å². The number of anilines is 1. The van der Waals surface area contributed by atoms with Gasteiger partial charge in [-0.15, -0.1) is 0 Å². The molecule has 8 heteroatoms. The minimum atomic E-state index is -0.131. The van der Waals surface area contributed by atoms with Crippen LogP contribution in [0.4, 0.5) is 5.69 Å². The van der Waals surface area contributed by atoms with Crippen molar-refractivity contribution in [2.45, 2.75) is 11.9 Å². The van der Waals surface area contributed by atoms with Crippen molar-refractivity contribution in [3.05, 3.63) is 72.0 Å². The molecule has 0 aliphatic rings. The van der Waals surface area contributed by atoms with E-state index in [0.29, 0.717) is 23.1 Å². The molecule has 0 aliphatic heterocycles. The highest BCUT2D eigenvalue weighted by Crippen LogP contribution is 2.28. The number of hydrogen-bond donors (Lipinski definition) is 1. The van der Waals surface area contributed by atoms with E-state index in [9.17, 15) is 4.79 Å². The van der Waals surface area contributed by atoms with Crippen molar-refractivity contribution in [1.29, 1.82) is 0 Å². The summed E-state index contributed by atoms with van der Waals surface area (Å²) in [5.41, 5.74) is 3.28. The fraction of sp³-hybridized carbons (Fsp3) is 0.136. The van der Waals surface area contributed by atoms with Crippen molar-refractivity contribution in [3.63, 3.8) is 0 Å². The van der Waals surface area contributed by atoms with E-state index in [2.05, 4.69) is 15.4 Å². The second kappa shape index (κ2) is 9.19. The average molecular weight is 439 g/mol. The molecule has 4 rings (SSSR count). The minimum Gasteiger partial charge on any atom is -0.492 e. The second-order valence-corrected chi connectivity index (χ2v) is 7.77. The van der Waals surface area contributed by atoms with Crippen LogP contribution in [0.5, 0.6) is 5.75 Å². The Morgan fingerprint density at radius 3 is 2.80 bits per heavy atom. The van der Waals surface area contributed by atoms with Crippen LogP contribution in [0.15, 0.2) is 72.0 Å². The number of amides is 1. The number of halogens is 1. The molecule has 1 N–H and O–H groups in total. The fourth-order valence-electron chi connectivity index (χ4n) is 2.94. The zero-order valence-electron chi connectivity index (χ0n) is 16.2. The Hall–Kier alpha value is -3.03. The summed E-state index contributed by atoms with van der Waals surface area (Å²) in [5.74, 6) is 0.740. The van der Waals surface area contributed by atoms with Gasteiger partial charge in [0.15, 0.2) is 0 Å². The van der Waals surface area contributed by atoms with E-state index in [-0.39, 0.29) is 11.7 Å². The number of nitrogens with zero attached hydrogens (tertiary/aromatic N) is 3. The van der Waals surface area contributed by atoms with Gasteiger partial charge in [0.25, 0.3) is 0 Å². The number of carbonyl (C=O) groups excluding carboxylic acids is 1. The van der Waals surface area contributed by atoms with E-state index in [4.69, 9.17) is 16.3 Å². The van der Waals surface area contributed by atoms with Crippen LogP contribution in [0, 0.1) is 0 Å². The Morgan fingerprint density at radius 1 is 1.20 bits per heavy atom. The average Bonchev–Trinajstić information content (AvgIpc) is 3.19. The van der Waals surface area contributed by atoms with Crippen molar-refractivity contribution in [2.24, 2.45) is 0 Å². The van der Waals surface area contributed by atoms with E-state index in [1.54, 1.807) is 16.9 Å². The maximum Gasteiger partial charge on any atom is 0.234 e. The third-order valence-electron chi connectivity index (χ3n) is 4.30. The summed E-state index contributed by atoms with van der Waals surface area (Å²) in [6.45, 7) is 2.44. The Kier molecular flexibility index (Phi) is 6.21. The maximum atomic E-state index is 12.5. The van der Waals surface area contributed by atoms with Gasteiger partial charge in [0, 0.05) is 23.0 Å². The summed E-state index contributed by atoms with van der Waals surface area (Å²) in [6.07, 6.45) is 3.47. The van der Waals surface area contributed by atoms with Crippen molar-refractivity contribution < 1.29 is 9.53 Å². The van der Waals surface area contributed by atoms with Gasteiger partial charge in [-0.3, -0.25) is 4.79 Å². The Balaban J connectivity index is 1.49. The van der Waals surface area contributed by atoms with Crippen LogP contribution in [-0.2, 0) is 4.79 Å². The first-order valence-corrected chi connectivity index (χ1v) is 10.7. The summed E-state index contributed by atoms with van der Waals surface area (Å²) in [7, 11) is 0. The van der Waals surface area contributed by atoms with Gasteiger partial charge in [-0.25, -0.2) is 9.50 Å². The predicted molar refractivity (Wildman–Crippen MR) is 120 cm³/mol. The summed E-state index contributed by atoms with van der Waals surface area (Å²) in [5, 5.41) is 8.92. The molecule has 2 aromatic carbocycles. The molecular weight excluding hydrogens is 420 g/mol. The van der Waals surface area contributed by atoms with E-state index < -0.39 is 0 Å². The van der Waals surface area contributed by atoms with Crippen molar-refractivity contribution in [1.82, 2.24) is 14.6 Å². The number of thioether (sulfide) groups is 1. The normalized spacial score (nSPS) is 10.9. The molecule has 0 fully saturated rings. The molecule has 0 saturated heterocycles. The summed E-state index contributed by atoms with van der Waals surface area (Å²) in [4.78, 5) is 16.9. The fourth-order valence-corrected chi connectivity index (χ4v) is 3.84. The molecular formula is C22H19ClN4O2S. The number of aromatic nitrogens is 3. The molecule has 0 aliphatic carbocycles. The molecule has 2 heterocycles. The Bertz CT molecular complexity index is 1180. The van der Waals surface area contributed by atoms with Crippen molar-refractivity contribution in [2.75, 3.05) is 17.7 Å². The topological polar surface area (TPSA) is 68.5 Å². The first-order valence-electron chi connectivity index (χ1n) is 9.39. The first-order chi connectivity index (χ1) is 14.6. The third kappa shape index (κ3) is 4.58. The van der Waals surface area contributed by atoms with Crippen LogP contribution in [0.2, 0.25) is 5.02 Å². The zero-order valence-corrected chi connectivity index (χ0v) is 17.8. The van der Waals surface area contributed by atoms with Crippen LogP contribution < -0.4 is 10.1 Å². The molecule has 30 heavy (non-hydrogen) atoms. The lowest BCUT2D eigenvalue weighted by Crippen LogP contribution is -2.15. The van der Waals surface area contributed by atoms with Gasteiger partial charge in [-0.1, -0.05) is 47.6 Å². The van der Waals surface area contributed by atoms with Gasteiger partial charge in [0.2, 0.25) is 5.91 Å². The molecule has 0 atom stereocenters. The van der Waals surface area contributed by atoms with Gasteiger partial charge < -0.3 is 10.1 Å². The van der Waals surface area contributed by atoms with Gasteiger partial charge in [-0.05, 0) is 37.3 Å². The minimum absolute atomic E-state index is 0.131. The molecule has 0 saturated carbocycles. The molecule has 6 nitrogen and oxygen atoms in total. The van der Waals surface area contributed by atoms with Crippen LogP contribution in [0.25, 0.3) is 16.8 Å². The molecule has 1 amide bonds. The number of nitrogens with one attached hydrogen (secondary N) is 1. The molecule has 2 aromatic heterocycles. The number of hydrogen-bond acceptors (Lipinski definition) is 5. The SMILES string of the molecule is CCOc1ccccc1NC(=O)CSc1nccn2nc(-c3ccc(Cl)cc3)cc12. The third-order valence-corrected chi connectivity index (χ3v) is 5.54. The first kappa shape index (κ1) is 20.3. The van der Waals surface area contributed by atoms with E-state index in [1.807, 2.05) is 61.5 Å². The van der Waals surface area contributed by atoms with Crippen LogP contribution in [0.3, 0.4) is 0 Å². The lowest BCUT2D eigenvalue weighted by atomic mass is 10.1. The van der Waals surface area contributed by atoms with Crippen molar-refractivity contribution >= 4 is 40.5 Å². The largest absolute Gasteiger partial charge is 0.492 e. The van der Waals surface area contributed by atoms with Gasteiger partial charge >= 0.3 is 0 Å². The number of para-hydroxylation sites is 2. The maximum absolute atomic E-state index is 12.5. The highest BCUT2D eigenvalue weighted by Gasteiger charge is 2.13. The summed E-state index contributed by atoms with van der Waals surface area (Å²) in [6, 6.07) is 16.9. The zero-order chi connectivity index (χ0) is 20.9. The van der Waals surface area contributed by atoms with Gasteiger partial charge in [0.05, 0.1) is 29.3 Å². The second-order valence-electron chi connectivity index (χ2n) is 6.36. The van der Waals surface area contributed by atoms with Gasteiger partial charge in [-0.2, -0.15) is 5.10 Å². The number of ether oxygens (including phenoxy) is 1. The van der Waals surface area contributed by atoms with E-state index in [1.165, 1.54) is 11.8 Å². The summed E-state index contributed by atoms with van der Waals surface area (Å²) < 4.78 is 7.32. The molecule has 152 valence electrons. The number of carbonyl (C=O) groups is 1. The monoisotopic (exact) mass is 438 g/mol. The molecule has 0 spiro atoms. The lowest BCUT2D eigenvalue weighted by molar-refractivity contribution is -0.113. The highest BCUT2D eigenvalue weighted by molar-refractivity contribution is 8.00. The lowest BCUT2D eigenvalue weighted by Gasteiger charge is -2.11. The van der Waals surface area contributed by atoms with E-state index >= 15 is 0 Å². The number of rotatable bonds is 7. The smallest absolute Gasteiger partial charge is 0.234 e. The number of fused-ring (bicyclic) bond motifs is 1. The molecule has 0 unspecified atom stereocenters. The van der Waals surface area contributed by atoms with E-state index in [0.717, 1.165) is 21.8 Å². The van der Waals surface area contributed by atoms with Crippen LogP contribution in [0.1, 0.15) is 6.92 Å². The number of benzene rings is 2. The highest BCUT2D eigenvalue weighted by atomic mass is 35.5. The quantitative estimate of drug-likeness (QED) is 0.403. The molecule has 0 radical (unpaired) electrons. The molecule has 4 aromatic rings.